The number of hydrogen-bond acceptors (Lipinski definition) is 4. The summed E-state index contributed by atoms with van der Waals surface area (Å²) in [6, 6.07) is 1.54. The molecule has 0 aromatic carbocycles. The molecule has 1 aliphatic carbocycles. The van der Waals surface area contributed by atoms with Gasteiger partial charge in [0.05, 0.1) is 11.8 Å². The molecule has 1 saturated carbocycles. The van der Waals surface area contributed by atoms with E-state index in [4.69, 9.17) is 0 Å². The number of hydrogen-bond donors (Lipinski definition) is 1. The van der Waals surface area contributed by atoms with E-state index in [1.54, 1.807) is 11.0 Å². The van der Waals surface area contributed by atoms with Crippen LogP contribution in [0.3, 0.4) is 0 Å². The number of aromatic nitrogens is 1. The minimum absolute atomic E-state index is 0.00573. The summed E-state index contributed by atoms with van der Waals surface area (Å²) < 4.78 is 0. The summed E-state index contributed by atoms with van der Waals surface area (Å²) in [4.78, 5) is 30.4. The lowest BCUT2D eigenvalue weighted by atomic mass is 9.88. The lowest BCUT2D eigenvalue weighted by Crippen LogP contribution is -2.48. The second-order valence-corrected chi connectivity index (χ2v) is 5.92. The number of nitrogens with zero attached hydrogens (tertiary/aromatic N) is 2. The minimum atomic E-state index is -0.181. The Labute approximate surface area is 124 Å². The zero-order chi connectivity index (χ0) is 14.8. The van der Waals surface area contributed by atoms with E-state index in [-0.39, 0.29) is 29.2 Å². The average molecular weight is 288 g/mol. The number of piperidine rings is 1. The monoisotopic (exact) mass is 288 g/mol. The van der Waals surface area contributed by atoms with Crippen LogP contribution in [-0.4, -0.2) is 39.3 Å². The highest BCUT2D eigenvalue weighted by atomic mass is 16.3. The normalized spacial score (nSPS) is 26.1. The molecule has 2 heterocycles. The molecule has 5 heteroatoms. The highest BCUT2D eigenvalue weighted by Gasteiger charge is 2.39. The quantitative estimate of drug-likeness (QED) is 0.905. The van der Waals surface area contributed by atoms with Crippen molar-refractivity contribution in [3.05, 3.63) is 24.0 Å². The average Bonchev–Trinajstić information content (AvgIpc) is 2.93. The van der Waals surface area contributed by atoms with Gasteiger partial charge in [-0.05, 0) is 38.2 Å². The standard InChI is InChI=1S/C16H20N2O3/c19-14-6-3-4-11(14)13-5-1-2-9-18(13)16(21)12-7-8-17-10-15(12)20/h7-8,10-11,13,20H,1-6,9H2. The van der Waals surface area contributed by atoms with Gasteiger partial charge in [-0.15, -0.1) is 0 Å². The van der Waals surface area contributed by atoms with Crippen LogP contribution in [0.15, 0.2) is 18.5 Å². The van der Waals surface area contributed by atoms with Crippen molar-refractivity contribution in [1.29, 1.82) is 0 Å². The van der Waals surface area contributed by atoms with Crippen LogP contribution in [0, 0.1) is 5.92 Å². The second-order valence-electron chi connectivity index (χ2n) is 5.92. The molecule has 3 rings (SSSR count). The highest BCUT2D eigenvalue weighted by molar-refractivity contribution is 5.97. The molecule has 0 radical (unpaired) electrons. The summed E-state index contributed by atoms with van der Waals surface area (Å²) >= 11 is 0. The van der Waals surface area contributed by atoms with Crippen molar-refractivity contribution in [3.8, 4) is 5.75 Å². The first kappa shape index (κ1) is 14.0. The van der Waals surface area contributed by atoms with E-state index >= 15 is 0 Å². The molecule has 1 N–H and O–H groups in total. The summed E-state index contributed by atoms with van der Waals surface area (Å²) in [7, 11) is 0. The lowest BCUT2D eigenvalue weighted by molar-refractivity contribution is -0.122. The van der Waals surface area contributed by atoms with Crippen LogP contribution >= 0.6 is 0 Å². The Morgan fingerprint density at radius 3 is 2.86 bits per heavy atom. The fraction of sp³-hybridized carbons (Fsp3) is 0.562. The van der Waals surface area contributed by atoms with Gasteiger partial charge in [-0.3, -0.25) is 14.6 Å². The predicted octanol–water partition coefficient (Wildman–Crippen LogP) is 2.15. The molecule has 2 unspecified atom stereocenters. The molecule has 21 heavy (non-hydrogen) atoms. The number of pyridine rings is 1. The van der Waals surface area contributed by atoms with Crippen LogP contribution < -0.4 is 0 Å². The van der Waals surface area contributed by atoms with E-state index in [1.165, 1.54) is 12.4 Å². The minimum Gasteiger partial charge on any atom is -0.505 e. The van der Waals surface area contributed by atoms with Crippen molar-refractivity contribution in [2.24, 2.45) is 5.92 Å². The fourth-order valence-corrected chi connectivity index (χ4v) is 3.60. The van der Waals surface area contributed by atoms with E-state index in [1.807, 2.05) is 0 Å². The van der Waals surface area contributed by atoms with Gasteiger partial charge in [0.2, 0.25) is 0 Å². The molecule has 1 aliphatic heterocycles. The molecule has 112 valence electrons. The van der Waals surface area contributed by atoms with Gasteiger partial charge in [-0.1, -0.05) is 0 Å². The molecular weight excluding hydrogens is 268 g/mol. The van der Waals surface area contributed by atoms with Crippen LogP contribution in [0.5, 0.6) is 5.75 Å². The molecule has 1 saturated heterocycles. The van der Waals surface area contributed by atoms with Crippen LogP contribution in [0.1, 0.15) is 48.9 Å². The summed E-state index contributed by atoms with van der Waals surface area (Å²) in [5.74, 6) is 0.000697. The number of carbonyl (C=O) groups excluding carboxylic acids is 2. The molecule has 5 nitrogen and oxygen atoms in total. The third-order valence-corrected chi connectivity index (χ3v) is 4.66. The number of rotatable bonds is 2. The van der Waals surface area contributed by atoms with E-state index < -0.39 is 0 Å². The Balaban J connectivity index is 1.86. The third-order valence-electron chi connectivity index (χ3n) is 4.66. The van der Waals surface area contributed by atoms with Crippen molar-refractivity contribution in [1.82, 2.24) is 9.88 Å². The zero-order valence-electron chi connectivity index (χ0n) is 12.0. The van der Waals surface area contributed by atoms with E-state index in [2.05, 4.69) is 4.98 Å². The maximum Gasteiger partial charge on any atom is 0.257 e. The van der Waals surface area contributed by atoms with Crippen molar-refractivity contribution in [3.63, 3.8) is 0 Å². The molecule has 0 bridgehead atoms. The van der Waals surface area contributed by atoms with Crippen LogP contribution in [0.4, 0.5) is 0 Å². The molecular formula is C16H20N2O3. The second kappa shape index (κ2) is 5.84. The number of aromatic hydroxyl groups is 1. The van der Waals surface area contributed by atoms with Crippen molar-refractivity contribution in [2.45, 2.75) is 44.6 Å². The van der Waals surface area contributed by atoms with Gasteiger partial charge in [0.15, 0.2) is 0 Å². The number of ketones is 1. The Morgan fingerprint density at radius 1 is 1.29 bits per heavy atom. The smallest absolute Gasteiger partial charge is 0.257 e. The van der Waals surface area contributed by atoms with Gasteiger partial charge in [0, 0.05) is 31.1 Å². The Bertz CT molecular complexity index is 558. The first-order valence-electron chi connectivity index (χ1n) is 7.65. The predicted molar refractivity (Wildman–Crippen MR) is 76.9 cm³/mol. The summed E-state index contributed by atoms with van der Waals surface area (Å²) in [5.41, 5.74) is 0.280. The summed E-state index contributed by atoms with van der Waals surface area (Å²) in [6.07, 6.45) is 8.14. The maximum absolute atomic E-state index is 12.7. The van der Waals surface area contributed by atoms with Crippen LogP contribution in [0.2, 0.25) is 0 Å². The Morgan fingerprint density at radius 2 is 2.14 bits per heavy atom. The first-order chi connectivity index (χ1) is 10.2. The van der Waals surface area contributed by atoms with Gasteiger partial charge < -0.3 is 10.0 Å². The van der Waals surface area contributed by atoms with Crippen molar-refractivity contribution < 1.29 is 14.7 Å². The van der Waals surface area contributed by atoms with Gasteiger partial charge in [-0.2, -0.15) is 0 Å². The SMILES string of the molecule is O=C1CCCC1C1CCCCN1C(=O)c1ccncc1O. The van der Waals surface area contributed by atoms with Gasteiger partial charge in [-0.25, -0.2) is 0 Å². The number of likely N-dealkylation sites (tertiary alicyclic amines) is 1. The third kappa shape index (κ3) is 2.64. The number of Topliss-reactive ketones (excluding diaryl/α,β-unsaturated/α-hetero) is 1. The molecule has 2 atom stereocenters. The first-order valence-corrected chi connectivity index (χ1v) is 7.65. The largest absolute Gasteiger partial charge is 0.505 e. The Kier molecular flexibility index (Phi) is 3.90. The van der Waals surface area contributed by atoms with Gasteiger partial charge in [0.25, 0.3) is 5.91 Å². The van der Waals surface area contributed by atoms with Gasteiger partial charge >= 0.3 is 0 Å². The molecule has 1 aromatic rings. The summed E-state index contributed by atoms with van der Waals surface area (Å²) in [6.45, 7) is 0.662. The topological polar surface area (TPSA) is 70.5 Å². The maximum atomic E-state index is 12.7. The van der Waals surface area contributed by atoms with E-state index in [9.17, 15) is 14.7 Å². The van der Waals surface area contributed by atoms with E-state index in [0.29, 0.717) is 18.7 Å². The van der Waals surface area contributed by atoms with Gasteiger partial charge in [0.1, 0.15) is 11.5 Å². The molecule has 2 fully saturated rings. The zero-order valence-corrected chi connectivity index (χ0v) is 12.0. The van der Waals surface area contributed by atoms with Crippen LogP contribution in [-0.2, 0) is 4.79 Å². The fourth-order valence-electron chi connectivity index (χ4n) is 3.60. The molecule has 1 aromatic heterocycles. The molecule has 0 spiro atoms. The summed E-state index contributed by atoms with van der Waals surface area (Å²) in [5, 5.41) is 9.84. The number of amides is 1. The molecule has 2 aliphatic rings. The van der Waals surface area contributed by atoms with E-state index in [0.717, 1.165) is 32.1 Å². The Hall–Kier alpha value is -1.91. The lowest BCUT2D eigenvalue weighted by Gasteiger charge is -2.38. The van der Waals surface area contributed by atoms with Crippen molar-refractivity contribution in [2.75, 3.05) is 6.54 Å². The number of carbonyl (C=O) groups is 2. The van der Waals surface area contributed by atoms with Crippen LogP contribution in [0.25, 0.3) is 0 Å². The molecule has 1 amide bonds. The van der Waals surface area contributed by atoms with Crippen molar-refractivity contribution >= 4 is 11.7 Å². The highest BCUT2D eigenvalue weighted by Crippen LogP contribution is 2.34.